The molecule has 3 nitrogen and oxygen atoms in total. The molecular weight excluding hydrogens is 312 g/mol. The Balaban J connectivity index is 1.54. The van der Waals surface area contributed by atoms with Crippen molar-refractivity contribution in [2.24, 2.45) is 17.3 Å². The molecule has 0 N–H and O–H groups in total. The van der Waals surface area contributed by atoms with Crippen LogP contribution in [-0.2, 0) is 22.6 Å². The smallest absolute Gasteiger partial charge is 0.310 e. The minimum atomic E-state index is -0.113. The lowest BCUT2D eigenvalue weighted by Crippen LogP contribution is -2.10. The van der Waals surface area contributed by atoms with Gasteiger partial charge in [-0.15, -0.1) is 0 Å². The number of carbonyl (C=O) groups excluding carboxylic acids is 1. The lowest BCUT2D eigenvalue weighted by Gasteiger charge is -2.03. The summed E-state index contributed by atoms with van der Waals surface area (Å²) >= 11 is 0. The molecule has 0 bridgehead atoms. The normalized spacial score (nSPS) is 20.8. The van der Waals surface area contributed by atoms with Gasteiger partial charge in [-0.1, -0.05) is 55.8 Å². The Kier molecular flexibility index (Phi) is 4.85. The molecule has 1 aliphatic carbocycles. The van der Waals surface area contributed by atoms with E-state index in [1.807, 2.05) is 24.3 Å². The number of benzene rings is 1. The van der Waals surface area contributed by atoms with Gasteiger partial charge in [0.1, 0.15) is 12.4 Å². The van der Waals surface area contributed by atoms with E-state index in [2.05, 4.69) is 45.9 Å². The first kappa shape index (κ1) is 17.5. The van der Waals surface area contributed by atoms with Crippen molar-refractivity contribution in [3.63, 3.8) is 0 Å². The standard InChI is InChI=1S/C22H26O3/c1-15(2)10-19-20(22(19,3)4)21(23)25-14-17-12-18(24-13-17)11-16-8-6-5-7-9-16/h5-10,12-13,19-20H,11,14H2,1-4H3/t19-,20?/m0/s1. The van der Waals surface area contributed by atoms with Crippen LogP contribution in [-0.4, -0.2) is 5.97 Å². The largest absolute Gasteiger partial charge is 0.469 e. The zero-order valence-electron chi connectivity index (χ0n) is 15.4. The fourth-order valence-corrected chi connectivity index (χ4v) is 3.43. The van der Waals surface area contributed by atoms with Gasteiger partial charge in [0.2, 0.25) is 0 Å². The summed E-state index contributed by atoms with van der Waals surface area (Å²) in [4.78, 5) is 12.4. The molecule has 0 saturated heterocycles. The zero-order chi connectivity index (χ0) is 18.0. The number of allylic oxidation sites excluding steroid dienone is 2. The number of esters is 1. The predicted molar refractivity (Wildman–Crippen MR) is 97.9 cm³/mol. The fourth-order valence-electron chi connectivity index (χ4n) is 3.43. The molecule has 1 saturated carbocycles. The second-order valence-corrected chi connectivity index (χ2v) is 7.76. The predicted octanol–water partition coefficient (Wildman–Crippen LogP) is 5.15. The minimum absolute atomic E-state index is 0.0107. The molecule has 0 aliphatic heterocycles. The topological polar surface area (TPSA) is 39.4 Å². The van der Waals surface area contributed by atoms with Gasteiger partial charge in [-0.3, -0.25) is 4.79 Å². The zero-order valence-corrected chi connectivity index (χ0v) is 15.4. The quantitative estimate of drug-likeness (QED) is 0.540. The van der Waals surface area contributed by atoms with Crippen LogP contribution in [0, 0.1) is 17.3 Å². The molecule has 1 aromatic heterocycles. The van der Waals surface area contributed by atoms with Crippen molar-refractivity contribution in [1.82, 2.24) is 0 Å². The molecule has 1 heterocycles. The number of furan rings is 1. The number of rotatable bonds is 6. The van der Waals surface area contributed by atoms with Crippen LogP contribution in [0.3, 0.4) is 0 Å². The molecule has 0 radical (unpaired) electrons. The van der Waals surface area contributed by atoms with E-state index in [1.54, 1.807) is 6.26 Å². The Bertz CT molecular complexity index is 764. The lowest BCUT2D eigenvalue weighted by atomic mass is 10.1. The van der Waals surface area contributed by atoms with Crippen molar-refractivity contribution in [3.05, 3.63) is 71.2 Å². The first-order chi connectivity index (χ1) is 11.9. The highest BCUT2D eigenvalue weighted by Gasteiger charge is 2.61. The van der Waals surface area contributed by atoms with Crippen LogP contribution in [0.4, 0.5) is 0 Å². The van der Waals surface area contributed by atoms with Gasteiger partial charge in [-0.05, 0) is 36.8 Å². The van der Waals surface area contributed by atoms with E-state index in [1.165, 1.54) is 11.1 Å². The van der Waals surface area contributed by atoms with E-state index in [-0.39, 0.29) is 29.8 Å². The van der Waals surface area contributed by atoms with Crippen molar-refractivity contribution < 1.29 is 13.9 Å². The van der Waals surface area contributed by atoms with E-state index >= 15 is 0 Å². The van der Waals surface area contributed by atoms with Crippen molar-refractivity contribution in [2.75, 3.05) is 0 Å². The monoisotopic (exact) mass is 338 g/mol. The Morgan fingerprint density at radius 3 is 2.60 bits per heavy atom. The van der Waals surface area contributed by atoms with Crippen molar-refractivity contribution >= 4 is 5.97 Å². The second kappa shape index (κ2) is 6.91. The summed E-state index contributed by atoms with van der Waals surface area (Å²) in [5.41, 5.74) is 3.33. The van der Waals surface area contributed by atoms with Crippen LogP contribution in [0.2, 0.25) is 0 Å². The van der Waals surface area contributed by atoms with Crippen molar-refractivity contribution in [1.29, 1.82) is 0 Å². The van der Waals surface area contributed by atoms with E-state index in [9.17, 15) is 4.79 Å². The number of hydrogen-bond donors (Lipinski definition) is 0. The van der Waals surface area contributed by atoms with Gasteiger partial charge in [0.15, 0.2) is 0 Å². The van der Waals surface area contributed by atoms with Crippen LogP contribution in [0.15, 0.2) is 58.7 Å². The molecule has 0 amide bonds. The molecular formula is C22H26O3. The maximum absolute atomic E-state index is 12.4. The number of carbonyl (C=O) groups is 1. The SMILES string of the molecule is CC(C)=C[C@H]1C(C(=O)OCc2coc(Cc3ccccc3)c2)C1(C)C. The van der Waals surface area contributed by atoms with Gasteiger partial charge in [0, 0.05) is 12.0 Å². The molecule has 25 heavy (non-hydrogen) atoms. The summed E-state index contributed by atoms with van der Waals surface area (Å²) in [5.74, 6) is 1.01. The van der Waals surface area contributed by atoms with Gasteiger partial charge in [0.05, 0.1) is 12.2 Å². The van der Waals surface area contributed by atoms with E-state index < -0.39 is 0 Å². The molecule has 0 spiro atoms. The lowest BCUT2D eigenvalue weighted by molar-refractivity contribution is -0.147. The average molecular weight is 338 g/mol. The van der Waals surface area contributed by atoms with Crippen LogP contribution in [0.5, 0.6) is 0 Å². The van der Waals surface area contributed by atoms with E-state index in [0.29, 0.717) is 0 Å². The van der Waals surface area contributed by atoms with Gasteiger partial charge < -0.3 is 9.15 Å². The summed E-state index contributed by atoms with van der Waals surface area (Å²) in [6, 6.07) is 12.1. The Morgan fingerprint density at radius 2 is 1.92 bits per heavy atom. The Labute approximate surface area is 149 Å². The maximum Gasteiger partial charge on any atom is 0.310 e. The molecule has 2 aromatic rings. The molecule has 3 rings (SSSR count). The van der Waals surface area contributed by atoms with E-state index in [0.717, 1.165) is 17.7 Å². The highest BCUT2D eigenvalue weighted by Crippen LogP contribution is 2.59. The highest BCUT2D eigenvalue weighted by atomic mass is 16.5. The third kappa shape index (κ3) is 4.04. The van der Waals surface area contributed by atoms with E-state index in [4.69, 9.17) is 9.15 Å². The van der Waals surface area contributed by atoms with Crippen LogP contribution >= 0.6 is 0 Å². The van der Waals surface area contributed by atoms with Crippen LogP contribution < -0.4 is 0 Å². The molecule has 1 unspecified atom stereocenters. The molecule has 2 atom stereocenters. The third-order valence-electron chi connectivity index (χ3n) is 4.99. The van der Waals surface area contributed by atoms with Crippen molar-refractivity contribution in [3.8, 4) is 0 Å². The Hall–Kier alpha value is -2.29. The molecule has 1 aliphatic rings. The summed E-state index contributed by atoms with van der Waals surface area (Å²) in [6.45, 7) is 8.65. The summed E-state index contributed by atoms with van der Waals surface area (Å²) in [6.07, 6.45) is 4.60. The summed E-state index contributed by atoms with van der Waals surface area (Å²) in [7, 11) is 0. The van der Waals surface area contributed by atoms with Gasteiger partial charge in [0.25, 0.3) is 0 Å². The number of hydrogen-bond acceptors (Lipinski definition) is 3. The second-order valence-electron chi connectivity index (χ2n) is 7.76. The summed E-state index contributed by atoms with van der Waals surface area (Å²) in [5, 5.41) is 0. The summed E-state index contributed by atoms with van der Waals surface area (Å²) < 4.78 is 11.1. The molecule has 132 valence electrons. The number of ether oxygens (including phenoxy) is 1. The molecule has 1 fully saturated rings. The average Bonchev–Trinajstić information content (AvgIpc) is 2.90. The van der Waals surface area contributed by atoms with Gasteiger partial charge >= 0.3 is 5.97 Å². The molecule has 3 heteroatoms. The third-order valence-corrected chi connectivity index (χ3v) is 4.99. The molecule has 1 aromatic carbocycles. The first-order valence-electron chi connectivity index (χ1n) is 8.80. The maximum atomic E-state index is 12.4. The highest BCUT2D eigenvalue weighted by molar-refractivity contribution is 5.78. The fraction of sp³-hybridized carbons (Fsp3) is 0.409. The van der Waals surface area contributed by atoms with Gasteiger partial charge in [-0.2, -0.15) is 0 Å². The minimum Gasteiger partial charge on any atom is -0.469 e. The van der Waals surface area contributed by atoms with Crippen LogP contribution in [0.25, 0.3) is 0 Å². The Morgan fingerprint density at radius 1 is 1.20 bits per heavy atom. The first-order valence-corrected chi connectivity index (χ1v) is 8.80. The van der Waals surface area contributed by atoms with Crippen LogP contribution in [0.1, 0.15) is 44.6 Å². The van der Waals surface area contributed by atoms with Crippen molar-refractivity contribution in [2.45, 2.75) is 40.7 Å². The van der Waals surface area contributed by atoms with Gasteiger partial charge in [-0.25, -0.2) is 0 Å².